The van der Waals surface area contributed by atoms with E-state index in [1.165, 1.54) is 6.92 Å². The molecule has 0 fully saturated rings. The van der Waals surface area contributed by atoms with Crippen LogP contribution in [0.4, 0.5) is 0 Å². The van der Waals surface area contributed by atoms with Crippen LogP contribution in [0, 0.1) is 11.8 Å². The van der Waals surface area contributed by atoms with Crippen LogP contribution < -0.4 is 0 Å². The second-order valence-corrected chi connectivity index (χ2v) is 2.09. The van der Waals surface area contributed by atoms with Crippen molar-refractivity contribution in [3.63, 3.8) is 0 Å². The Morgan fingerprint density at radius 2 is 1.21 bits per heavy atom. The number of rotatable bonds is 0. The molecule has 0 spiro atoms. The van der Waals surface area contributed by atoms with Crippen LogP contribution in [0.1, 0.15) is 27.7 Å². The minimum absolute atomic E-state index is 0.0718. The van der Waals surface area contributed by atoms with Crippen molar-refractivity contribution in [2.24, 2.45) is 0 Å². The van der Waals surface area contributed by atoms with Crippen LogP contribution in [0.25, 0.3) is 0 Å². The summed E-state index contributed by atoms with van der Waals surface area (Å²) in [5.74, 6) is 4.72. The minimum atomic E-state index is -0.0718. The van der Waals surface area contributed by atoms with Gasteiger partial charge in [-0.2, -0.15) is 0 Å². The fraction of sp³-hybridized carbons (Fsp3) is 0.308. The summed E-state index contributed by atoms with van der Waals surface area (Å²) < 4.78 is 0. The highest BCUT2D eigenvalue weighted by molar-refractivity contribution is 5.93. The van der Waals surface area contributed by atoms with Crippen LogP contribution >= 0.6 is 0 Å². The summed E-state index contributed by atoms with van der Waals surface area (Å²) >= 11 is 0. The Labute approximate surface area is 87.2 Å². The molecule has 0 radical (unpaired) electrons. The van der Waals surface area contributed by atoms with Gasteiger partial charge in [-0.15, -0.1) is 0 Å². The van der Waals surface area contributed by atoms with Gasteiger partial charge in [-0.1, -0.05) is 56.2 Å². The molecule has 0 saturated heterocycles. The highest BCUT2D eigenvalue weighted by Crippen LogP contribution is 1.79. The Morgan fingerprint density at radius 3 is 1.29 bits per heavy atom. The first kappa shape index (κ1) is 14.9. The van der Waals surface area contributed by atoms with E-state index in [0.717, 1.165) is 0 Å². The highest BCUT2D eigenvalue weighted by atomic mass is 16.1. The Bertz CT molecular complexity index is 238. The number of hydrogen-bond donors (Lipinski definition) is 0. The van der Waals surface area contributed by atoms with Crippen LogP contribution in [0.2, 0.25) is 0 Å². The smallest absolute Gasteiger partial charge is 0.202 e. The van der Waals surface area contributed by atoms with Gasteiger partial charge in [0.15, 0.2) is 0 Å². The average Bonchev–Trinajstić information content (AvgIpc) is 2.24. The van der Waals surface area contributed by atoms with Crippen molar-refractivity contribution >= 4 is 5.78 Å². The highest BCUT2D eigenvalue weighted by Gasteiger charge is 1.72. The number of carbonyl (C=O) groups is 1. The molecule has 0 atom stereocenters. The minimum Gasteiger partial charge on any atom is -0.285 e. The van der Waals surface area contributed by atoms with Crippen molar-refractivity contribution in [1.29, 1.82) is 0 Å². The van der Waals surface area contributed by atoms with Crippen LogP contribution in [0.5, 0.6) is 0 Å². The van der Waals surface area contributed by atoms with Crippen molar-refractivity contribution in [2.75, 3.05) is 0 Å². The molecule has 1 rings (SSSR count). The quantitative estimate of drug-likeness (QED) is 0.453. The van der Waals surface area contributed by atoms with Crippen molar-refractivity contribution in [2.45, 2.75) is 27.7 Å². The molecule has 0 amide bonds. The van der Waals surface area contributed by atoms with Gasteiger partial charge < -0.3 is 0 Å². The van der Waals surface area contributed by atoms with E-state index in [1.54, 1.807) is 6.92 Å². The fourth-order valence-electron chi connectivity index (χ4n) is 0.561. The molecular weight excluding hydrogens is 172 g/mol. The topological polar surface area (TPSA) is 17.1 Å². The summed E-state index contributed by atoms with van der Waals surface area (Å²) in [5, 5.41) is 0. The molecule has 0 aliphatic rings. The van der Waals surface area contributed by atoms with Gasteiger partial charge in [0, 0.05) is 6.92 Å². The van der Waals surface area contributed by atoms with Crippen LogP contribution in [-0.2, 0) is 4.79 Å². The second-order valence-electron chi connectivity index (χ2n) is 2.09. The first-order valence-corrected chi connectivity index (χ1v) is 4.70. The summed E-state index contributed by atoms with van der Waals surface area (Å²) in [6, 6.07) is 12.0. The maximum Gasteiger partial charge on any atom is 0.202 e. The fourth-order valence-corrected chi connectivity index (χ4v) is 0.561. The molecule has 1 heteroatoms. The zero-order chi connectivity index (χ0) is 11.2. The molecule has 0 unspecified atom stereocenters. The molecule has 1 aromatic rings. The van der Waals surface area contributed by atoms with E-state index < -0.39 is 0 Å². The SMILES string of the molecule is CC.CC#CC(C)=O.c1ccccc1. The molecule has 0 N–H and O–H groups in total. The third-order valence-electron chi connectivity index (χ3n) is 0.968. The molecule has 0 bridgehead atoms. The summed E-state index contributed by atoms with van der Waals surface area (Å²) in [6.07, 6.45) is 0. The lowest BCUT2D eigenvalue weighted by Crippen LogP contribution is -1.77. The lowest BCUT2D eigenvalue weighted by molar-refractivity contribution is -0.111. The molecule has 0 saturated carbocycles. The van der Waals surface area contributed by atoms with Gasteiger partial charge in [-0.3, -0.25) is 4.79 Å². The van der Waals surface area contributed by atoms with Gasteiger partial charge in [0.25, 0.3) is 0 Å². The second kappa shape index (κ2) is 14.0. The molecule has 0 heterocycles. The van der Waals surface area contributed by atoms with E-state index in [4.69, 9.17) is 0 Å². The molecule has 76 valence electrons. The maximum absolute atomic E-state index is 9.87. The molecule has 0 aromatic heterocycles. The van der Waals surface area contributed by atoms with Crippen LogP contribution in [0.3, 0.4) is 0 Å². The Balaban J connectivity index is 0. The van der Waals surface area contributed by atoms with Gasteiger partial charge in [0.1, 0.15) is 0 Å². The number of Topliss-reactive ketones (excluding diaryl/α,β-unsaturated/α-hetero) is 1. The zero-order valence-electron chi connectivity index (χ0n) is 9.37. The first-order valence-electron chi connectivity index (χ1n) is 4.70. The monoisotopic (exact) mass is 190 g/mol. The largest absolute Gasteiger partial charge is 0.285 e. The lowest BCUT2D eigenvalue weighted by Gasteiger charge is -1.69. The van der Waals surface area contributed by atoms with Gasteiger partial charge >= 0.3 is 0 Å². The number of hydrogen-bond acceptors (Lipinski definition) is 1. The summed E-state index contributed by atoms with van der Waals surface area (Å²) in [5.41, 5.74) is 0. The molecule has 0 aliphatic heterocycles. The Morgan fingerprint density at radius 1 is 0.929 bits per heavy atom. The predicted molar refractivity (Wildman–Crippen MR) is 61.9 cm³/mol. The Kier molecular flexibility index (Phi) is 14.9. The first-order chi connectivity index (χ1) is 6.77. The number of ketones is 1. The normalized spacial score (nSPS) is 6.29. The predicted octanol–water partition coefficient (Wildman–Crippen LogP) is 3.31. The van der Waals surface area contributed by atoms with Crippen LogP contribution in [0.15, 0.2) is 36.4 Å². The van der Waals surface area contributed by atoms with Crippen molar-refractivity contribution < 1.29 is 4.79 Å². The summed E-state index contributed by atoms with van der Waals surface area (Å²) in [7, 11) is 0. The van der Waals surface area contributed by atoms with Crippen molar-refractivity contribution in [3.8, 4) is 11.8 Å². The van der Waals surface area contributed by atoms with E-state index >= 15 is 0 Å². The number of carbonyl (C=O) groups excluding carboxylic acids is 1. The molecule has 1 aromatic carbocycles. The molecule has 14 heavy (non-hydrogen) atoms. The van der Waals surface area contributed by atoms with Crippen molar-refractivity contribution in [3.05, 3.63) is 36.4 Å². The number of benzene rings is 1. The van der Waals surface area contributed by atoms with Gasteiger partial charge in [-0.25, -0.2) is 0 Å². The van der Waals surface area contributed by atoms with Crippen molar-refractivity contribution in [1.82, 2.24) is 0 Å². The lowest BCUT2D eigenvalue weighted by atomic mass is 10.4. The van der Waals surface area contributed by atoms with Gasteiger partial charge in [0.05, 0.1) is 0 Å². The molecule has 1 nitrogen and oxygen atoms in total. The summed E-state index contributed by atoms with van der Waals surface area (Å²) in [4.78, 5) is 9.87. The van der Waals surface area contributed by atoms with E-state index in [1.807, 2.05) is 50.2 Å². The van der Waals surface area contributed by atoms with Crippen LogP contribution in [-0.4, -0.2) is 5.78 Å². The maximum atomic E-state index is 9.87. The molecular formula is C13H18O. The van der Waals surface area contributed by atoms with Gasteiger partial charge in [0.2, 0.25) is 5.78 Å². The standard InChI is InChI=1S/C6H6.C5H6O.C2H6/c1-2-4-6-5-3-1;1-3-4-5(2)6;1-2/h1-6H;1-2H3;1-2H3. The zero-order valence-corrected chi connectivity index (χ0v) is 9.37. The third-order valence-corrected chi connectivity index (χ3v) is 0.968. The van der Waals surface area contributed by atoms with E-state index in [2.05, 4.69) is 11.8 Å². The summed E-state index contributed by atoms with van der Waals surface area (Å²) in [6.45, 7) is 7.08. The van der Waals surface area contributed by atoms with E-state index in [9.17, 15) is 4.79 Å². The third kappa shape index (κ3) is 16.8. The average molecular weight is 190 g/mol. The molecule has 0 aliphatic carbocycles. The van der Waals surface area contributed by atoms with E-state index in [-0.39, 0.29) is 5.78 Å². The van der Waals surface area contributed by atoms with Gasteiger partial charge in [-0.05, 0) is 12.8 Å². The van der Waals surface area contributed by atoms with E-state index in [0.29, 0.717) is 0 Å². The Hall–Kier alpha value is -1.55.